The third kappa shape index (κ3) is 8.15. The molecule has 0 radical (unpaired) electrons. The molecule has 0 aromatic rings. The number of carbonyl (C=O) groups excluding carboxylic acids is 2. The minimum absolute atomic E-state index is 0.479. The highest BCUT2D eigenvalue weighted by molar-refractivity contribution is 5.82. The van der Waals surface area contributed by atoms with Gasteiger partial charge in [-0.25, -0.2) is 9.59 Å². The van der Waals surface area contributed by atoms with Crippen molar-refractivity contribution in [1.82, 2.24) is 0 Å². The topological polar surface area (TPSA) is 52.6 Å². The lowest BCUT2D eigenvalue weighted by Gasteiger charge is -1.84. The van der Waals surface area contributed by atoms with E-state index >= 15 is 0 Å². The molecule has 4 heteroatoms. The van der Waals surface area contributed by atoms with Gasteiger partial charge in [-0.1, -0.05) is 11.8 Å². The van der Waals surface area contributed by atoms with E-state index in [1.165, 1.54) is 38.5 Å². The van der Waals surface area contributed by atoms with Gasteiger partial charge in [0.25, 0.3) is 0 Å². The third-order valence-corrected chi connectivity index (χ3v) is 1.21. The van der Waals surface area contributed by atoms with Crippen LogP contribution in [0.5, 0.6) is 0 Å². The van der Waals surface area contributed by atoms with Gasteiger partial charge in [0.15, 0.2) is 0 Å². The predicted molar refractivity (Wildman–Crippen MR) is 57.9 cm³/mol. The molecule has 0 saturated carbocycles. The highest BCUT2D eigenvalue weighted by Gasteiger charge is 1.86. The molecule has 0 aliphatic heterocycles. The number of ether oxygens (including phenoxy) is 2. The molecule has 0 saturated heterocycles. The van der Waals surface area contributed by atoms with Crippen molar-refractivity contribution in [2.75, 3.05) is 14.2 Å². The van der Waals surface area contributed by atoms with Crippen molar-refractivity contribution in [2.24, 2.45) is 0 Å². The highest BCUT2D eigenvalue weighted by Crippen LogP contribution is 1.76. The molecule has 0 fully saturated rings. The summed E-state index contributed by atoms with van der Waals surface area (Å²) in [6.45, 7) is 0. The Morgan fingerprint density at radius 1 is 0.875 bits per heavy atom. The average molecular weight is 218 g/mol. The zero-order valence-corrected chi connectivity index (χ0v) is 8.94. The SMILES string of the molecule is COC(=O)/C=C\C#CC#C/C=C/C(=O)OC. The van der Waals surface area contributed by atoms with Crippen LogP contribution in [0.1, 0.15) is 0 Å². The van der Waals surface area contributed by atoms with Gasteiger partial charge in [-0.15, -0.1) is 0 Å². The van der Waals surface area contributed by atoms with Crippen LogP contribution in [0.3, 0.4) is 0 Å². The van der Waals surface area contributed by atoms with Crippen molar-refractivity contribution >= 4 is 11.9 Å². The number of hydrogen-bond acceptors (Lipinski definition) is 4. The van der Waals surface area contributed by atoms with Crippen LogP contribution in [0.15, 0.2) is 24.3 Å². The van der Waals surface area contributed by atoms with Crippen molar-refractivity contribution in [3.05, 3.63) is 24.3 Å². The summed E-state index contributed by atoms with van der Waals surface area (Å²) in [7, 11) is 2.55. The first-order chi connectivity index (χ1) is 7.70. The molecule has 0 bridgehead atoms. The molecule has 16 heavy (non-hydrogen) atoms. The molecule has 0 N–H and O–H groups in total. The second-order valence-corrected chi connectivity index (χ2v) is 2.25. The molecular weight excluding hydrogens is 208 g/mol. The van der Waals surface area contributed by atoms with Crippen molar-refractivity contribution in [2.45, 2.75) is 0 Å². The largest absolute Gasteiger partial charge is 0.466 e. The third-order valence-electron chi connectivity index (χ3n) is 1.21. The average Bonchev–Trinajstić information content (AvgIpc) is 2.31. The van der Waals surface area contributed by atoms with E-state index in [2.05, 4.69) is 33.2 Å². The molecule has 0 heterocycles. The first-order valence-corrected chi connectivity index (χ1v) is 4.20. The molecule has 0 atom stereocenters. The summed E-state index contributed by atoms with van der Waals surface area (Å²) < 4.78 is 8.68. The standard InChI is InChI=1S/C12H10O4/c1-15-11(13)9-7-5-3-4-6-8-10-12(14)16-2/h7-10H,1-2H3/b9-7-,10-8+. The maximum Gasteiger partial charge on any atom is 0.331 e. The second kappa shape index (κ2) is 9.11. The lowest BCUT2D eigenvalue weighted by Crippen LogP contribution is -1.92. The van der Waals surface area contributed by atoms with Crippen LogP contribution in [-0.2, 0) is 19.1 Å². The van der Waals surface area contributed by atoms with Crippen LogP contribution in [-0.4, -0.2) is 26.2 Å². The van der Waals surface area contributed by atoms with E-state index in [1.54, 1.807) is 0 Å². The number of methoxy groups -OCH3 is 2. The summed E-state index contributed by atoms with van der Waals surface area (Å²) >= 11 is 0. The molecule has 0 spiro atoms. The zero-order valence-electron chi connectivity index (χ0n) is 8.94. The van der Waals surface area contributed by atoms with Crippen LogP contribution in [0.2, 0.25) is 0 Å². The van der Waals surface area contributed by atoms with Crippen molar-refractivity contribution in [3.63, 3.8) is 0 Å². The van der Waals surface area contributed by atoms with Crippen LogP contribution >= 0.6 is 0 Å². The smallest absolute Gasteiger partial charge is 0.331 e. The summed E-state index contributed by atoms with van der Waals surface area (Å²) in [5, 5.41) is 0. The number of allylic oxidation sites excluding steroid dienone is 2. The first kappa shape index (κ1) is 13.5. The Labute approximate surface area is 93.9 Å². The van der Waals surface area contributed by atoms with Gasteiger partial charge in [0.05, 0.1) is 14.2 Å². The van der Waals surface area contributed by atoms with E-state index in [9.17, 15) is 9.59 Å². The highest BCUT2D eigenvalue weighted by atomic mass is 16.5. The second-order valence-electron chi connectivity index (χ2n) is 2.25. The summed E-state index contributed by atoms with van der Waals surface area (Å²) in [6.07, 6.45) is 5.01. The fourth-order valence-corrected chi connectivity index (χ4v) is 0.511. The Morgan fingerprint density at radius 3 is 1.56 bits per heavy atom. The molecule has 0 amide bonds. The van der Waals surface area contributed by atoms with Crippen LogP contribution in [0.4, 0.5) is 0 Å². The molecule has 0 aromatic carbocycles. The molecule has 4 nitrogen and oxygen atoms in total. The minimum Gasteiger partial charge on any atom is -0.466 e. The Morgan fingerprint density at radius 2 is 1.25 bits per heavy atom. The molecular formula is C12H10O4. The van der Waals surface area contributed by atoms with Gasteiger partial charge in [0.1, 0.15) is 0 Å². The first-order valence-electron chi connectivity index (χ1n) is 4.20. The quantitative estimate of drug-likeness (QED) is 0.383. The van der Waals surface area contributed by atoms with Crippen LogP contribution < -0.4 is 0 Å². The maximum atomic E-state index is 10.6. The zero-order chi connectivity index (χ0) is 12.2. The van der Waals surface area contributed by atoms with E-state index in [0.717, 1.165) is 0 Å². The Hall–Kier alpha value is -2.46. The summed E-state index contributed by atoms with van der Waals surface area (Å²) in [5.74, 6) is 8.93. The normalized spacial score (nSPS) is 8.88. The summed E-state index contributed by atoms with van der Waals surface area (Å²) in [5.41, 5.74) is 0. The van der Waals surface area contributed by atoms with Gasteiger partial charge >= 0.3 is 11.9 Å². The van der Waals surface area contributed by atoms with Gasteiger partial charge in [-0.2, -0.15) is 0 Å². The molecule has 0 rings (SSSR count). The maximum absolute atomic E-state index is 10.6. The van der Waals surface area contributed by atoms with Crippen LogP contribution in [0, 0.1) is 23.7 Å². The number of carbonyl (C=O) groups is 2. The Bertz CT molecular complexity index is 379. The van der Waals surface area contributed by atoms with Gasteiger partial charge in [0.2, 0.25) is 0 Å². The number of hydrogen-bond donors (Lipinski definition) is 0. The number of rotatable bonds is 2. The molecule has 0 aliphatic rings. The lowest BCUT2D eigenvalue weighted by molar-refractivity contribution is -0.135. The summed E-state index contributed by atoms with van der Waals surface area (Å²) in [6, 6.07) is 0. The monoisotopic (exact) mass is 218 g/mol. The Kier molecular flexibility index (Phi) is 7.71. The molecule has 82 valence electrons. The number of esters is 2. The fourth-order valence-electron chi connectivity index (χ4n) is 0.511. The molecule has 0 aromatic heterocycles. The predicted octanol–water partition coefficient (Wildman–Crippen LogP) is 0.452. The summed E-state index contributed by atoms with van der Waals surface area (Å²) in [4.78, 5) is 21.2. The van der Waals surface area contributed by atoms with E-state index < -0.39 is 11.9 Å². The van der Waals surface area contributed by atoms with Gasteiger partial charge in [-0.05, 0) is 24.0 Å². The van der Waals surface area contributed by atoms with Gasteiger partial charge < -0.3 is 9.47 Å². The fraction of sp³-hybridized carbons (Fsp3) is 0.167. The Balaban J connectivity index is 4.07. The molecule has 0 unspecified atom stereocenters. The van der Waals surface area contributed by atoms with E-state index in [-0.39, 0.29) is 0 Å². The minimum atomic E-state index is -0.479. The van der Waals surface area contributed by atoms with Crippen LogP contribution in [0.25, 0.3) is 0 Å². The van der Waals surface area contributed by atoms with E-state index in [0.29, 0.717) is 0 Å². The van der Waals surface area contributed by atoms with Crippen molar-refractivity contribution in [3.8, 4) is 23.7 Å². The van der Waals surface area contributed by atoms with Gasteiger partial charge in [-0.3, -0.25) is 0 Å². The van der Waals surface area contributed by atoms with Crippen molar-refractivity contribution < 1.29 is 19.1 Å². The van der Waals surface area contributed by atoms with E-state index in [4.69, 9.17) is 0 Å². The molecule has 0 aliphatic carbocycles. The van der Waals surface area contributed by atoms with Crippen molar-refractivity contribution in [1.29, 1.82) is 0 Å². The van der Waals surface area contributed by atoms with E-state index in [1.807, 2.05) is 0 Å². The lowest BCUT2D eigenvalue weighted by atomic mass is 10.4. The van der Waals surface area contributed by atoms with Gasteiger partial charge in [0, 0.05) is 12.2 Å².